The summed E-state index contributed by atoms with van der Waals surface area (Å²) in [6.45, 7) is 3.42. The summed E-state index contributed by atoms with van der Waals surface area (Å²) in [7, 11) is 0. The van der Waals surface area contributed by atoms with Crippen molar-refractivity contribution < 1.29 is 19.8 Å². The molecule has 0 fully saturated rings. The van der Waals surface area contributed by atoms with Gasteiger partial charge in [-0.25, -0.2) is 4.79 Å². The topological polar surface area (TPSA) is 89.9 Å². The molecule has 0 aromatic heterocycles. The second kappa shape index (κ2) is 6.19. The number of carboxylic acids is 1. The number of aliphatic hydroxyl groups is 1. The van der Waals surface area contributed by atoms with Crippen molar-refractivity contribution in [3.05, 3.63) is 41.6 Å². The fraction of sp³-hybridized carbons (Fsp3) is 0.375. The Labute approximate surface area is 129 Å². The molecule has 2 rings (SSSR count). The third-order valence-electron chi connectivity index (χ3n) is 4.11. The molecule has 1 amide bonds. The van der Waals surface area contributed by atoms with E-state index in [9.17, 15) is 19.8 Å². The average Bonchev–Trinajstić information content (AvgIpc) is 2.71. The second-order valence-electron chi connectivity index (χ2n) is 5.35. The highest BCUT2D eigenvalue weighted by Crippen LogP contribution is 2.38. The van der Waals surface area contributed by atoms with E-state index in [-0.39, 0.29) is 24.4 Å². The van der Waals surface area contributed by atoms with Crippen LogP contribution in [0.3, 0.4) is 0 Å². The molecule has 0 saturated heterocycles. The number of β-amino-alcohol motifs (C(OH)–C–C–N with tert-alkyl or cyclic N) is 1. The zero-order valence-corrected chi connectivity index (χ0v) is 12.7. The van der Waals surface area contributed by atoms with E-state index >= 15 is 0 Å². The number of carbonyl (C=O) groups is 2. The zero-order valence-electron chi connectivity index (χ0n) is 12.7. The molecule has 0 aliphatic carbocycles. The first-order valence-corrected chi connectivity index (χ1v) is 7.18. The molecule has 1 aromatic rings. The lowest BCUT2D eigenvalue weighted by Gasteiger charge is -2.35. The summed E-state index contributed by atoms with van der Waals surface area (Å²) in [6, 6.07) is 8.96. The Bertz CT molecular complexity index is 612. The molecule has 0 bridgehead atoms. The van der Waals surface area contributed by atoms with Crippen molar-refractivity contribution in [1.82, 2.24) is 4.90 Å². The van der Waals surface area contributed by atoms with Crippen molar-refractivity contribution >= 4 is 17.6 Å². The van der Waals surface area contributed by atoms with Crippen LogP contribution < -0.4 is 5.32 Å². The van der Waals surface area contributed by atoms with E-state index in [2.05, 4.69) is 5.32 Å². The number of para-hydroxylation sites is 1. The molecule has 1 atom stereocenters. The number of nitrogens with one attached hydrogen (secondary N) is 1. The molecule has 0 saturated carbocycles. The molecule has 22 heavy (non-hydrogen) atoms. The Kier molecular flexibility index (Phi) is 4.51. The summed E-state index contributed by atoms with van der Waals surface area (Å²) in [4.78, 5) is 25.8. The van der Waals surface area contributed by atoms with Gasteiger partial charge in [-0.3, -0.25) is 4.79 Å². The van der Waals surface area contributed by atoms with E-state index in [4.69, 9.17) is 0 Å². The predicted octanol–water partition coefficient (Wildman–Crippen LogP) is 1.44. The minimum absolute atomic E-state index is 0.0392. The van der Waals surface area contributed by atoms with E-state index in [0.29, 0.717) is 12.1 Å². The number of nitrogens with zero attached hydrogens (tertiary/aromatic N) is 1. The number of carboxylic acid groups (broad SMARTS) is 1. The average molecular weight is 304 g/mol. The molecule has 1 heterocycles. The molecule has 1 aliphatic heterocycles. The molecule has 0 spiro atoms. The van der Waals surface area contributed by atoms with Crippen LogP contribution in [0.2, 0.25) is 0 Å². The number of carbonyl (C=O) groups excluding carboxylic acids is 1. The second-order valence-corrected chi connectivity index (χ2v) is 5.35. The predicted molar refractivity (Wildman–Crippen MR) is 82.2 cm³/mol. The Morgan fingerprint density at radius 3 is 2.45 bits per heavy atom. The lowest BCUT2D eigenvalue weighted by Crippen LogP contribution is -2.48. The van der Waals surface area contributed by atoms with Gasteiger partial charge in [0.15, 0.2) is 0 Å². The number of anilines is 1. The Morgan fingerprint density at radius 1 is 1.32 bits per heavy atom. The molecule has 1 aromatic carbocycles. The van der Waals surface area contributed by atoms with E-state index in [0.717, 1.165) is 0 Å². The van der Waals surface area contributed by atoms with Gasteiger partial charge in [0.2, 0.25) is 0 Å². The Balaban J connectivity index is 2.50. The molecule has 118 valence electrons. The highest BCUT2D eigenvalue weighted by molar-refractivity contribution is 6.10. The van der Waals surface area contributed by atoms with Crippen molar-refractivity contribution in [3.8, 4) is 0 Å². The summed E-state index contributed by atoms with van der Waals surface area (Å²) in [5.74, 6) is -1.53. The summed E-state index contributed by atoms with van der Waals surface area (Å²) < 4.78 is 0. The van der Waals surface area contributed by atoms with Crippen LogP contribution in [0.4, 0.5) is 5.69 Å². The maximum atomic E-state index is 12.6. The number of aliphatic hydroxyl groups excluding tert-OH is 1. The number of hydrogen-bond donors (Lipinski definition) is 3. The molecule has 1 unspecified atom stereocenters. The fourth-order valence-corrected chi connectivity index (χ4v) is 2.81. The van der Waals surface area contributed by atoms with Gasteiger partial charge in [0.05, 0.1) is 17.7 Å². The van der Waals surface area contributed by atoms with Gasteiger partial charge in [0, 0.05) is 12.2 Å². The fourth-order valence-electron chi connectivity index (χ4n) is 2.81. The Hall–Kier alpha value is -2.34. The number of hydrogen-bond acceptors (Lipinski definition) is 4. The Morgan fingerprint density at radius 2 is 1.95 bits per heavy atom. The first-order chi connectivity index (χ1) is 10.5. The van der Waals surface area contributed by atoms with Gasteiger partial charge in [-0.15, -0.1) is 0 Å². The summed E-state index contributed by atoms with van der Waals surface area (Å²) in [5.41, 5.74) is -0.189. The quantitative estimate of drug-likeness (QED) is 0.740. The summed E-state index contributed by atoms with van der Waals surface area (Å²) in [5, 5.41) is 21.7. The number of amides is 1. The third kappa shape index (κ3) is 2.57. The van der Waals surface area contributed by atoms with E-state index in [1.807, 2.05) is 13.0 Å². The molecule has 6 nitrogen and oxygen atoms in total. The van der Waals surface area contributed by atoms with Crippen LogP contribution >= 0.6 is 0 Å². The molecular formula is C16H20N2O4. The van der Waals surface area contributed by atoms with Crippen LogP contribution in [-0.4, -0.2) is 45.7 Å². The van der Waals surface area contributed by atoms with Gasteiger partial charge in [0.1, 0.15) is 5.70 Å². The van der Waals surface area contributed by atoms with Crippen LogP contribution in [0, 0.1) is 0 Å². The molecular weight excluding hydrogens is 284 g/mol. The van der Waals surface area contributed by atoms with Gasteiger partial charge in [-0.05, 0) is 25.5 Å². The van der Waals surface area contributed by atoms with E-state index < -0.39 is 17.4 Å². The van der Waals surface area contributed by atoms with Gasteiger partial charge in [0.25, 0.3) is 5.91 Å². The van der Waals surface area contributed by atoms with E-state index in [1.165, 1.54) is 4.90 Å². The molecule has 1 aliphatic rings. The minimum atomic E-state index is -1.13. The van der Waals surface area contributed by atoms with Crippen molar-refractivity contribution in [2.24, 2.45) is 0 Å². The number of benzene rings is 1. The van der Waals surface area contributed by atoms with Crippen molar-refractivity contribution in [2.45, 2.75) is 25.8 Å². The first-order valence-electron chi connectivity index (χ1n) is 7.18. The van der Waals surface area contributed by atoms with Crippen molar-refractivity contribution in [3.63, 3.8) is 0 Å². The highest BCUT2D eigenvalue weighted by atomic mass is 16.4. The summed E-state index contributed by atoms with van der Waals surface area (Å²) in [6.07, 6.45) is 0.445. The van der Waals surface area contributed by atoms with Crippen molar-refractivity contribution in [1.29, 1.82) is 0 Å². The molecule has 3 N–H and O–H groups in total. The normalized spacial score (nSPS) is 21.4. The van der Waals surface area contributed by atoms with Crippen LogP contribution in [0.25, 0.3) is 0 Å². The van der Waals surface area contributed by atoms with Crippen LogP contribution in [0.5, 0.6) is 0 Å². The van der Waals surface area contributed by atoms with Gasteiger partial charge in [-0.2, -0.15) is 0 Å². The number of aliphatic carboxylic acids is 1. The zero-order chi connectivity index (χ0) is 16.3. The monoisotopic (exact) mass is 304 g/mol. The standard InChI is InChI=1S/C16H20N2O4/c1-3-16(2)12(15(21)22)13(14(20)18(16)9-10-19)17-11-7-5-4-6-8-11/h4-8,17,19H,3,9-10H2,1-2H3,(H,21,22). The molecule has 0 radical (unpaired) electrons. The molecule has 6 heteroatoms. The van der Waals surface area contributed by atoms with Gasteiger partial charge >= 0.3 is 5.97 Å². The summed E-state index contributed by atoms with van der Waals surface area (Å²) >= 11 is 0. The third-order valence-corrected chi connectivity index (χ3v) is 4.11. The van der Waals surface area contributed by atoms with Crippen molar-refractivity contribution in [2.75, 3.05) is 18.5 Å². The SMILES string of the molecule is CCC1(C)C(C(=O)O)=C(Nc2ccccc2)C(=O)N1CCO. The largest absolute Gasteiger partial charge is 0.478 e. The van der Waals surface area contributed by atoms with Crippen LogP contribution in [-0.2, 0) is 9.59 Å². The maximum absolute atomic E-state index is 12.6. The highest BCUT2D eigenvalue weighted by Gasteiger charge is 2.50. The lowest BCUT2D eigenvalue weighted by molar-refractivity contribution is -0.134. The van der Waals surface area contributed by atoms with Crippen LogP contribution in [0.1, 0.15) is 20.3 Å². The first kappa shape index (κ1) is 16.0. The maximum Gasteiger partial charge on any atom is 0.336 e. The minimum Gasteiger partial charge on any atom is -0.478 e. The number of rotatable bonds is 6. The van der Waals surface area contributed by atoms with E-state index in [1.54, 1.807) is 31.2 Å². The van der Waals surface area contributed by atoms with Gasteiger partial charge < -0.3 is 20.4 Å². The smallest absolute Gasteiger partial charge is 0.336 e. The van der Waals surface area contributed by atoms with Crippen LogP contribution in [0.15, 0.2) is 41.6 Å². The van der Waals surface area contributed by atoms with Gasteiger partial charge in [-0.1, -0.05) is 25.1 Å². The lowest BCUT2D eigenvalue weighted by atomic mass is 9.89.